The minimum atomic E-state index is 0.154. The molecule has 0 aromatic rings. The van der Waals surface area contributed by atoms with Crippen LogP contribution in [-0.2, 0) is 0 Å². The molecular formula is C15H28N2. The van der Waals surface area contributed by atoms with E-state index in [2.05, 4.69) is 44.1 Å². The van der Waals surface area contributed by atoms with Crippen LogP contribution in [0, 0.1) is 18.3 Å². The minimum absolute atomic E-state index is 0.154. The molecular weight excluding hydrogens is 208 g/mol. The van der Waals surface area contributed by atoms with Crippen molar-refractivity contribution in [3.05, 3.63) is 0 Å². The van der Waals surface area contributed by atoms with Gasteiger partial charge in [-0.25, -0.2) is 0 Å². The maximum atomic E-state index is 5.77. The Morgan fingerprint density at radius 2 is 2.24 bits per heavy atom. The molecule has 0 spiro atoms. The largest absolute Gasteiger partial charge is 0.302 e. The van der Waals surface area contributed by atoms with Crippen molar-refractivity contribution in [1.29, 1.82) is 0 Å². The topological polar surface area (TPSA) is 15.3 Å². The highest BCUT2D eigenvalue weighted by molar-refractivity contribution is 5.14. The predicted octanol–water partition coefficient (Wildman–Crippen LogP) is 2.50. The Labute approximate surface area is 107 Å². The second-order valence-corrected chi connectivity index (χ2v) is 5.75. The molecule has 0 aliphatic heterocycles. The highest BCUT2D eigenvalue weighted by atomic mass is 15.2. The van der Waals surface area contributed by atoms with E-state index in [1.165, 1.54) is 25.7 Å². The third kappa shape index (κ3) is 3.24. The summed E-state index contributed by atoms with van der Waals surface area (Å²) >= 11 is 0. The molecule has 0 radical (unpaired) electrons. The van der Waals surface area contributed by atoms with Gasteiger partial charge in [0.2, 0.25) is 0 Å². The first kappa shape index (κ1) is 14.5. The average Bonchev–Trinajstić information content (AvgIpc) is 2.29. The Balaban J connectivity index is 2.85. The number of nitrogens with zero attached hydrogens (tertiary/aromatic N) is 1. The van der Waals surface area contributed by atoms with Gasteiger partial charge in [-0.15, -0.1) is 6.42 Å². The van der Waals surface area contributed by atoms with Crippen molar-refractivity contribution in [2.24, 2.45) is 5.92 Å². The molecule has 3 atom stereocenters. The number of terminal acetylenes is 1. The molecule has 1 aliphatic carbocycles. The number of likely N-dealkylation sites (N-methyl/N-ethyl adjacent to an activating group) is 1. The van der Waals surface area contributed by atoms with Crippen molar-refractivity contribution in [2.45, 2.75) is 57.5 Å². The van der Waals surface area contributed by atoms with Gasteiger partial charge in [-0.1, -0.05) is 32.6 Å². The van der Waals surface area contributed by atoms with Gasteiger partial charge in [-0.3, -0.25) is 0 Å². The lowest BCUT2D eigenvalue weighted by atomic mass is 9.71. The Hall–Kier alpha value is -0.520. The average molecular weight is 236 g/mol. The molecule has 2 heteroatoms. The van der Waals surface area contributed by atoms with Crippen LogP contribution >= 0.6 is 0 Å². The summed E-state index contributed by atoms with van der Waals surface area (Å²) in [6, 6.07) is 0.181. The molecule has 0 aromatic carbocycles. The van der Waals surface area contributed by atoms with Gasteiger partial charge >= 0.3 is 0 Å². The van der Waals surface area contributed by atoms with Crippen molar-refractivity contribution < 1.29 is 0 Å². The number of rotatable bonds is 5. The molecule has 1 rings (SSSR count). The molecule has 0 bridgehead atoms. The molecule has 17 heavy (non-hydrogen) atoms. The number of hydrogen-bond acceptors (Lipinski definition) is 2. The highest BCUT2D eigenvalue weighted by Gasteiger charge is 2.42. The summed E-state index contributed by atoms with van der Waals surface area (Å²) in [5, 5.41) is 3.55. The Morgan fingerprint density at radius 3 is 2.71 bits per heavy atom. The molecule has 98 valence electrons. The van der Waals surface area contributed by atoms with E-state index in [1.807, 2.05) is 0 Å². The molecule has 0 amide bonds. The van der Waals surface area contributed by atoms with Crippen molar-refractivity contribution in [3.8, 4) is 12.3 Å². The van der Waals surface area contributed by atoms with Gasteiger partial charge in [0, 0.05) is 5.54 Å². The predicted molar refractivity (Wildman–Crippen MR) is 75.0 cm³/mol. The zero-order valence-corrected chi connectivity index (χ0v) is 11.9. The Bertz CT molecular complexity index is 267. The van der Waals surface area contributed by atoms with Gasteiger partial charge in [-0.2, -0.15) is 0 Å². The molecule has 1 fully saturated rings. The first-order chi connectivity index (χ1) is 8.06. The molecule has 0 heterocycles. The fourth-order valence-electron chi connectivity index (χ4n) is 3.18. The maximum absolute atomic E-state index is 5.77. The minimum Gasteiger partial charge on any atom is -0.302 e. The lowest BCUT2D eigenvalue weighted by Crippen LogP contribution is -2.60. The molecule has 2 nitrogen and oxygen atoms in total. The molecule has 0 saturated heterocycles. The summed E-state index contributed by atoms with van der Waals surface area (Å²) in [6.45, 7) is 5.55. The van der Waals surface area contributed by atoms with Crippen LogP contribution in [0.1, 0.15) is 46.0 Å². The number of hydrogen-bond donors (Lipinski definition) is 1. The molecule has 1 saturated carbocycles. The number of nitrogens with one attached hydrogen (secondary N) is 1. The van der Waals surface area contributed by atoms with Crippen LogP contribution in [0.3, 0.4) is 0 Å². The monoisotopic (exact) mass is 236 g/mol. The Kier molecular flexibility index (Phi) is 5.49. The van der Waals surface area contributed by atoms with E-state index in [0.29, 0.717) is 0 Å². The van der Waals surface area contributed by atoms with E-state index < -0.39 is 0 Å². The standard InChI is InChI=1S/C15H28N2/c1-6-11-16-14(7-2)15(17(4)5)10-8-9-13(3)12-15/h2,13-14,16H,6,8-12H2,1,3-5H3. The van der Waals surface area contributed by atoms with Crippen LogP contribution in [0.15, 0.2) is 0 Å². The second kappa shape index (κ2) is 6.42. The molecule has 1 aliphatic rings. The van der Waals surface area contributed by atoms with Crippen LogP contribution in [0.5, 0.6) is 0 Å². The highest BCUT2D eigenvalue weighted by Crippen LogP contribution is 2.38. The normalized spacial score (nSPS) is 31.2. The van der Waals surface area contributed by atoms with Crippen LogP contribution < -0.4 is 5.32 Å². The van der Waals surface area contributed by atoms with Crippen LogP contribution in [0.4, 0.5) is 0 Å². The van der Waals surface area contributed by atoms with Gasteiger partial charge in [-0.05, 0) is 45.8 Å². The van der Waals surface area contributed by atoms with Gasteiger partial charge in [0.05, 0.1) is 6.04 Å². The quantitative estimate of drug-likeness (QED) is 0.738. The van der Waals surface area contributed by atoms with Crippen molar-refractivity contribution in [3.63, 3.8) is 0 Å². The van der Waals surface area contributed by atoms with Crippen molar-refractivity contribution in [2.75, 3.05) is 20.6 Å². The molecule has 0 aromatic heterocycles. The van der Waals surface area contributed by atoms with Gasteiger partial charge in [0.25, 0.3) is 0 Å². The molecule has 1 N–H and O–H groups in total. The van der Waals surface area contributed by atoms with Gasteiger partial charge in [0.1, 0.15) is 0 Å². The van der Waals surface area contributed by atoms with Gasteiger partial charge in [0.15, 0.2) is 0 Å². The van der Waals surface area contributed by atoms with E-state index >= 15 is 0 Å². The maximum Gasteiger partial charge on any atom is 0.0873 e. The van der Waals surface area contributed by atoms with E-state index in [0.717, 1.165) is 18.9 Å². The van der Waals surface area contributed by atoms with E-state index in [9.17, 15) is 0 Å². The third-order valence-electron chi connectivity index (χ3n) is 4.20. The van der Waals surface area contributed by atoms with E-state index in [-0.39, 0.29) is 11.6 Å². The van der Waals surface area contributed by atoms with E-state index in [4.69, 9.17) is 6.42 Å². The third-order valence-corrected chi connectivity index (χ3v) is 4.20. The summed E-state index contributed by atoms with van der Waals surface area (Å²) in [4.78, 5) is 2.36. The summed E-state index contributed by atoms with van der Waals surface area (Å²) in [5.74, 6) is 3.78. The van der Waals surface area contributed by atoms with Crippen LogP contribution in [0.2, 0.25) is 0 Å². The van der Waals surface area contributed by atoms with Crippen LogP contribution in [0.25, 0.3) is 0 Å². The molecule has 3 unspecified atom stereocenters. The zero-order valence-electron chi connectivity index (χ0n) is 11.9. The summed E-state index contributed by atoms with van der Waals surface area (Å²) in [5.41, 5.74) is 0.154. The summed E-state index contributed by atoms with van der Waals surface area (Å²) in [6.07, 6.45) is 12.0. The summed E-state index contributed by atoms with van der Waals surface area (Å²) in [7, 11) is 4.35. The fourth-order valence-corrected chi connectivity index (χ4v) is 3.18. The Morgan fingerprint density at radius 1 is 1.53 bits per heavy atom. The van der Waals surface area contributed by atoms with Crippen molar-refractivity contribution >= 4 is 0 Å². The first-order valence-electron chi connectivity index (χ1n) is 6.93. The fraction of sp³-hybridized carbons (Fsp3) is 0.867. The SMILES string of the molecule is C#CC(NCCC)C1(N(C)C)CCCC(C)C1. The van der Waals surface area contributed by atoms with Gasteiger partial charge < -0.3 is 10.2 Å². The smallest absolute Gasteiger partial charge is 0.0873 e. The van der Waals surface area contributed by atoms with Crippen molar-refractivity contribution in [1.82, 2.24) is 10.2 Å². The lowest BCUT2D eigenvalue weighted by Gasteiger charge is -2.48. The lowest BCUT2D eigenvalue weighted by molar-refractivity contribution is 0.0554. The first-order valence-corrected chi connectivity index (χ1v) is 6.93. The van der Waals surface area contributed by atoms with E-state index in [1.54, 1.807) is 0 Å². The zero-order chi connectivity index (χ0) is 12.9. The second-order valence-electron chi connectivity index (χ2n) is 5.75. The van der Waals surface area contributed by atoms with Crippen LogP contribution in [-0.4, -0.2) is 37.1 Å². The summed E-state index contributed by atoms with van der Waals surface area (Å²) < 4.78 is 0.